The summed E-state index contributed by atoms with van der Waals surface area (Å²) in [4.78, 5) is 11.8. The maximum Gasteiger partial charge on any atom is 0.293 e. The molecule has 1 aromatic heterocycles. The third-order valence-electron chi connectivity index (χ3n) is 2.39. The Morgan fingerprint density at radius 3 is 2.40 bits per heavy atom. The van der Waals surface area contributed by atoms with Gasteiger partial charge in [0.15, 0.2) is 10.9 Å². The molecule has 20 heavy (non-hydrogen) atoms. The normalized spacial score (nSPS) is 10.2. The summed E-state index contributed by atoms with van der Waals surface area (Å²) < 4.78 is 5.19. The number of carbonyl (C=O) groups is 1. The summed E-state index contributed by atoms with van der Waals surface area (Å²) in [6.07, 6.45) is 0. The minimum Gasteiger partial charge on any atom is -0.456 e. The van der Waals surface area contributed by atoms with Crippen LogP contribution in [0.15, 0.2) is 34.7 Å². The number of hydrogen-bond donors (Lipinski definition) is 2. The van der Waals surface area contributed by atoms with Gasteiger partial charge in [0.05, 0.1) is 15.7 Å². The van der Waals surface area contributed by atoms with Crippen molar-refractivity contribution >= 4 is 52.1 Å². The van der Waals surface area contributed by atoms with Gasteiger partial charge in [0, 0.05) is 0 Å². The topological polar surface area (TPSA) is 54.3 Å². The second-order valence-electron chi connectivity index (χ2n) is 3.92. The lowest BCUT2D eigenvalue weighted by Gasteiger charge is -2.11. The Kier molecular flexibility index (Phi) is 4.65. The fraction of sp³-hybridized carbons (Fsp3) is 0.0769. The van der Waals surface area contributed by atoms with Crippen LogP contribution in [-0.2, 0) is 0 Å². The second-order valence-corrected chi connectivity index (χ2v) is 5.14. The molecule has 2 aromatic rings. The van der Waals surface area contributed by atoms with Crippen LogP contribution in [0.25, 0.3) is 0 Å². The molecule has 0 radical (unpaired) electrons. The monoisotopic (exact) mass is 328 g/mol. The summed E-state index contributed by atoms with van der Waals surface area (Å²) in [6.45, 7) is 1.75. The molecule has 2 rings (SSSR count). The largest absolute Gasteiger partial charge is 0.456 e. The van der Waals surface area contributed by atoms with Gasteiger partial charge in [-0.25, -0.2) is 0 Å². The third kappa shape index (κ3) is 3.50. The molecule has 0 aliphatic carbocycles. The van der Waals surface area contributed by atoms with Gasteiger partial charge in [0.1, 0.15) is 5.76 Å². The molecule has 1 heterocycles. The summed E-state index contributed by atoms with van der Waals surface area (Å²) in [6, 6.07) is 8.29. The minimum atomic E-state index is -0.446. The van der Waals surface area contributed by atoms with E-state index in [4.69, 9.17) is 39.8 Å². The molecule has 0 spiro atoms. The maximum absolute atomic E-state index is 11.8. The molecular weight excluding hydrogens is 319 g/mol. The standard InChI is InChI=1S/C13H10Cl2N2O2S/c1-7-5-6-10(19-7)12(18)17-13(20)16-11-8(14)3-2-4-9(11)15/h2-6H,1H3,(H2,16,17,18,20). The van der Waals surface area contributed by atoms with Gasteiger partial charge in [-0.15, -0.1) is 0 Å². The van der Waals surface area contributed by atoms with E-state index in [1.54, 1.807) is 37.3 Å². The SMILES string of the molecule is Cc1ccc(C(=O)NC(=S)Nc2c(Cl)cccc2Cl)o1. The maximum atomic E-state index is 11.8. The Hall–Kier alpha value is -1.56. The number of benzene rings is 1. The highest BCUT2D eigenvalue weighted by atomic mass is 35.5. The number of halogens is 2. The first-order valence-electron chi connectivity index (χ1n) is 5.60. The molecule has 7 heteroatoms. The molecule has 0 saturated heterocycles. The predicted molar refractivity (Wildman–Crippen MR) is 83.6 cm³/mol. The first-order chi connectivity index (χ1) is 9.47. The number of carbonyl (C=O) groups excluding carboxylic acids is 1. The number of amides is 1. The van der Waals surface area contributed by atoms with Crippen molar-refractivity contribution in [2.75, 3.05) is 5.32 Å². The number of hydrogen-bond acceptors (Lipinski definition) is 3. The number of rotatable bonds is 2. The van der Waals surface area contributed by atoms with E-state index in [2.05, 4.69) is 10.6 Å². The summed E-state index contributed by atoms with van der Waals surface area (Å²) in [5.41, 5.74) is 0.441. The van der Waals surface area contributed by atoms with E-state index in [0.29, 0.717) is 21.5 Å². The lowest BCUT2D eigenvalue weighted by Crippen LogP contribution is -2.34. The summed E-state index contributed by atoms with van der Waals surface area (Å²) in [7, 11) is 0. The smallest absolute Gasteiger partial charge is 0.293 e. The average Bonchev–Trinajstić information content (AvgIpc) is 2.81. The van der Waals surface area contributed by atoms with Gasteiger partial charge in [-0.3, -0.25) is 10.1 Å². The van der Waals surface area contributed by atoms with Gasteiger partial charge in [-0.2, -0.15) is 0 Å². The number of thiocarbonyl (C=S) groups is 1. The molecule has 0 fully saturated rings. The molecule has 1 amide bonds. The highest BCUT2D eigenvalue weighted by Crippen LogP contribution is 2.29. The Morgan fingerprint density at radius 1 is 1.20 bits per heavy atom. The van der Waals surface area contributed by atoms with Gasteiger partial charge in [-0.05, 0) is 43.4 Å². The van der Waals surface area contributed by atoms with Crippen molar-refractivity contribution in [3.05, 3.63) is 51.9 Å². The van der Waals surface area contributed by atoms with Crippen molar-refractivity contribution in [3.8, 4) is 0 Å². The highest BCUT2D eigenvalue weighted by Gasteiger charge is 2.13. The van der Waals surface area contributed by atoms with Crippen molar-refractivity contribution in [2.24, 2.45) is 0 Å². The van der Waals surface area contributed by atoms with Gasteiger partial charge < -0.3 is 9.73 Å². The Labute approximate surface area is 131 Å². The minimum absolute atomic E-state index is 0.0825. The van der Waals surface area contributed by atoms with Gasteiger partial charge in [0.25, 0.3) is 5.91 Å². The predicted octanol–water partition coefficient (Wildman–Crippen LogP) is 4.02. The molecule has 2 N–H and O–H groups in total. The van der Waals surface area contributed by atoms with E-state index in [0.717, 1.165) is 0 Å². The van der Waals surface area contributed by atoms with Gasteiger partial charge >= 0.3 is 0 Å². The van der Waals surface area contributed by atoms with Crippen LogP contribution >= 0.6 is 35.4 Å². The number of aryl methyl sites for hydroxylation is 1. The van der Waals surface area contributed by atoms with Crippen LogP contribution in [0.4, 0.5) is 5.69 Å². The summed E-state index contributed by atoms with van der Waals surface area (Å²) in [5, 5.41) is 6.16. The fourth-order valence-electron chi connectivity index (χ4n) is 1.48. The quantitative estimate of drug-likeness (QED) is 0.817. The number of para-hydroxylation sites is 1. The number of nitrogens with one attached hydrogen (secondary N) is 2. The molecule has 4 nitrogen and oxygen atoms in total. The highest BCUT2D eigenvalue weighted by molar-refractivity contribution is 7.80. The zero-order chi connectivity index (χ0) is 14.7. The lowest BCUT2D eigenvalue weighted by atomic mass is 10.3. The molecule has 0 bridgehead atoms. The van der Waals surface area contributed by atoms with E-state index in [1.807, 2.05) is 0 Å². The lowest BCUT2D eigenvalue weighted by molar-refractivity contribution is 0.0949. The van der Waals surface area contributed by atoms with Crippen LogP contribution in [0.5, 0.6) is 0 Å². The Bertz CT molecular complexity index is 650. The average molecular weight is 329 g/mol. The fourth-order valence-corrected chi connectivity index (χ4v) is 2.17. The molecular formula is C13H10Cl2N2O2S. The second kappa shape index (κ2) is 6.26. The van der Waals surface area contributed by atoms with Crippen LogP contribution in [-0.4, -0.2) is 11.0 Å². The van der Waals surface area contributed by atoms with Crippen LogP contribution < -0.4 is 10.6 Å². The van der Waals surface area contributed by atoms with Crippen LogP contribution in [0.1, 0.15) is 16.3 Å². The Balaban J connectivity index is 2.04. The van der Waals surface area contributed by atoms with Crippen LogP contribution in [0.3, 0.4) is 0 Å². The molecule has 0 aliphatic rings. The molecule has 0 atom stereocenters. The summed E-state index contributed by atoms with van der Waals surface area (Å²) >= 11 is 17.0. The molecule has 0 aliphatic heterocycles. The van der Waals surface area contributed by atoms with E-state index >= 15 is 0 Å². The van der Waals surface area contributed by atoms with E-state index < -0.39 is 5.91 Å². The molecule has 0 unspecified atom stereocenters. The zero-order valence-corrected chi connectivity index (χ0v) is 12.7. The molecule has 0 saturated carbocycles. The molecule has 1 aromatic carbocycles. The number of anilines is 1. The van der Waals surface area contributed by atoms with Gasteiger partial charge in [0.2, 0.25) is 0 Å². The van der Waals surface area contributed by atoms with Crippen LogP contribution in [0, 0.1) is 6.92 Å². The first kappa shape index (κ1) is 14.8. The number of furan rings is 1. The van der Waals surface area contributed by atoms with Crippen molar-refractivity contribution in [2.45, 2.75) is 6.92 Å². The summed E-state index contributed by atoms with van der Waals surface area (Å²) in [5.74, 6) is 0.374. The van der Waals surface area contributed by atoms with Crippen LogP contribution in [0.2, 0.25) is 10.0 Å². The van der Waals surface area contributed by atoms with Crippen molar-refractivity contribution in [1.29, 1.82) is 0 Å². The molecule has 104 valence electrons. The first-order valence-corrected chi connectivity index (χ1v) is 6.76. The third-order valence-corrected chi connectivity index (χ3v) is 3.23. The van der Waals surface area contributed by atoms with E-state index in [-0.39, 0.29) is 10.9 Å². The van der Waals surface area contributed by atoms with Gasteiger partial charge in [-0.1, -0.05) is 29.3 Å². The van der Waals surface area contributed by atoms with Crippen molar-refractivity contribution < 1.29 is 9.21 Å². The van der Waals surface area contributed by atoms with E-state index in [1.165, 1.54) is 0 Å². The van der Waals surface area contributed by atoms with Crippen molar-refractivity contribution in [3.63, 3.8) is 0 Å². The van der Waals surface area contributed by atoms with E-state index in [9.17, 15) is 4.79 Å². The zero-order valence-electron chi connectivity index (χ0n) is 10.4. The Morgan fingerprint density at radius 2 is 1.85 bits per heavy atom. The van der Waals surface area contributed by atoms with Crippen molar-refractivity contribution in [1.82, 2.24) is 5.32 Å².